The van der Waals surface area contributed by atoms with Crippen molar-refractivity contribution in [2.24, 2.45) is 0 Å². The lowest BCUT2D eigenvalue weighted by Crippen LogP contribution is -2.02. The zero-order chi connectivity index (χ0) is 19.0. The van der Waals surface area contributed by atoms with Gasteiger partial charge in [0.15, 0.2) is 5.65 Å². The number of rotatable bonds is 4. The third kappa shape index (κ3) is 3.13. The second-order valence-electron chi connectivity index (χ2n) is 6.20. The van der Waals surface area contributed by atoms with Gasteiger partial charge < -0.3 is 10.3 Å². The molecular formula is C20H19ClN6. The minimum Gasteiger partial charge on any atom is -0.368 e. The number of aromatic nitrogens is 5. The molecule has 3 aromatic heterocycles. The molecule has 3 heterocycles. The predicted molar refractivity (Wildman–Crippen MR) is 108 cm³/mol. The van der Waals surface area contributed by atoms with Crippen molar-refractivity contribution in [3.63, 3.8) is 0 Å². The molecule has 7 heteroatoms. The van der Waals surface area contributed by atoms with E-state index >= 15 is 0 Å². The van der Waals surface area contributed by atoms with E-state index in [2.05, 4.69) is 34.0 Å². The maximum Gasteiger partial charge on any atom is 0.222 e. The molecule has 27 heavy (non-hydrogen) atoms. The fourth-order valence-corrected chi connectivity index (χ4v) is 3.39. The van der Waals surface area contributed by atoms with Gasteiger partial charge in [-0.1, -0.05) is 36.7 Å². The molecule has 1 aromatic carbocycles. The number of benzene rings is 1. The van der Waals surface area contributed by atoms with E-state index in [0.717, 1.165) is 34.6 Å². The van der Waals surface area contributed by atoms with Gasteiger partial charge in [0, 0.05) is 23.9 Å². The minimum absolute atomic E-state index is 0.230. The molecule has 4 aromatic rings. The number of nitrogen functional groups attached to an aromatic ring is 1. The smallest absolute Gasteiger partial charge is 0.222 e. The maximum atomic E-state index is 6.08. The molecule has 0 amide bonds. The molecule has 0 saturated carbocycles. The van der Waals surface area contributed by atoms with Crippen LogP contribution in [0, 0.1) is 0 Å². The van der Waals surface area contributed by atoms with E-state index in [1.54, 1.807) is 12.3 Å². The zero-order valence-corrected chi connectivity index (χ0v) is 15.9. The van der Waals surface area contributed by atoms with E-state index in [4.69, 9.17) is 22.3 Å². The summed E-state index contributed by atoms with van der Waals surface area (Å²) >= 11 is 6.08. The summed E-state index contributed by atoms with van der Waals surface area (Å²) in [5, 5.41) is 0.420. The van der Waals surface area contributed by atoms with Crippen LogP contribution < -0.4 is 5.73 Å². The highest BCUT2D eigenvalue weighted by molar-refractivity contribution is 6.29. The molecule has 136 valence electrons. The number of anilines is 1. The molecule has 0 fully saturated rings. The molecule has 0 unspecified atom stereocenters. The third-order valence-electron chi connectivity index (χ3n) is 4.52. The Morgan fingerprint density at radius 2 is 1.89 bits per heavy atom. The largest absolute Gasteiger partial charge is 0.368 e. The Balaban J connectivity index is 2.01. The monoisotopic (exact) mass is 378 g/mol. The number of halogens is 1. The third-order valence-corrected chi connectivity index (χ3v) is 4.73. The number of hydrogen-bond donors (Lipinski definition) is 1. The van der Waals surface area contributed by atoms with Crippen LogP contribution in [0.15, 0.2) is 42.6 Å². The fraction of sp³-hybridized carbons (Fsp3) is 0.200. The van der Waals surface area contributed by atoms with E-state index in [1.807, 2.05) is 29.7 Å². The first-order valence-corrected chi connectivity index (χ1v) is 9.23. The highest BCUT2D eigenvalue weighted by Crippen LogP contribution is 2.31. The summed E-state index contributed by atoms with van der Waals surface area (Å²) < 4.78 is 2.02. The van der Waals surface area contributed by atoms with E-state index in [-0.39, 0.29) is 5.95 Å². The average Bonchev–Trinajstić information content (AvgIpc) is 3.05. The number of nitrogens with zero attached hydrogens (tertiary/aromatic N) is 5. The summed E-state index contributed by atoms with van der Waals surface area (Å²) in [6, 6.07) is 11.9. The molecule has 0 saturated heterocycles. The first kappa shape index (κ1) is 17.4. The normalized spacial score (nSPS) is 11.2. The number of aryl methyl sites for hydroxylation is 2. The Kier molecular flexibility index (Phi) is 4.49. The van der Waals surface area contributed by atoms with E-state index in [9.17, 15) is 0 Å². The average molecular weight is 379 g/mol. The fourth-order valence-electron chi connectivity index (χ4n) is 3.22. The highest BCUT2D eigenvalue weighted by Gasteiger charge is 2.19. The summed E-state index contributed by atoms with van der Waals surface area (Å²) in [5.41, 5.74) is 11.3. The SMILES string of the molecule is CCc1cccc(-c2nc(N)nc3c2nc(-c2ccnc(Cl)c2)n3CC)c1. The zero-order valence-electron chi connectivity index (χ0n) is 15.1. The van der Waals surface area contributed by atoms with Crippen molar-refractivity contribution in [2.45, 2.75) is 26.8 Å². The van der Waals surface area contributed by atoms with E-state index in [0.29, 0.717) is 17.3 Å². The van der Waals surface area contributed by atoms with Crippen molar-refractivity contribution < 1.29 is 0 Å². The molecule has 6 nitrogen and oxygen atoms in total. The van der Waals surface area contributed by atoms with Gasteiger partial charge in [0.1, 0.15) is 22.2 Å². The van der Waals surface area contributed by atoms with Crippen LogP contribution in [0.3, 0.4) is 0 Å². The summed E-state index contributed by atoms with van der Waals surface area (Å²) in [4.78, 5) is 17.9. The number of pyridine rings is 1. The van der Waals surface area contributed by atoms with Gasteiger partial charge in [0.05, 0.1) is 0 Å². The minimum atomic E-state index is 0.230. The van der Waals surface area contributed by atoms with Crippen LogP contribution >= 0.6 is 11.6 Å². The van der Waals surface area contributed by atoms with Gasteiger partial charge in [-0.05, 0) is 37.1 Å². The van der Waals surface area contributed by atoms with Gasteiger partial charge in [0.25, 0.3) is 0 Å². The van der Waals surface area contributed by atoms with Gasteiger partial charge in [-0.25, -0.2) is 15.0 Å². The van der Waals surface area contributed by atoms with Gasteiger partial charge in [-0.2, -0.15) is 4.98 Å². The number of fused-ring (bicyclic) bond motifs is 1. The van der Waals surface area contributed by atoms with Crippen molar-refractivity contribution in [1.29, 1.82) is 0 Å². The molecule has 4 rings (SSSR count). The summed E-state index contributed by atoms with van der Waals surface area (Å²) in [6.45, 7) is 4.86. The van der Waals surface area contributed by atoms with Gasteiger partial charge in [0.2, 0.25) is 5.95 Å². The number of imidazole rings is 1. The number of hydrogen-bond acceptors (Lipinski definition) is 5. The van der Waals surface area contributed by atoms with E-state index < -0.39 is 0 Å². The standard InChI is InChI=1S/C20H19ClN6/c1-3-12-6-5-7-13(10-12)16-17-19(26-20(22)25-16)27(4-2)18(24-17)14-8-9-23-15(21)11-14/h5-11H,3-4H2,1-2H3,(H2,22,25,26). The highest BCUT2D eigenvalue weighted by atomic mass is 35.5. The lowest BCUT2D eigenvalue weighted by atomic mass is 10.1. The van der Waals surface area contributed by atoms with Crippen LogP contribution in [0.2, 0.25) is 5.15 Å². The molecule has 0 aliphatic heterocycles. The Bertz CT molecular complexity index is 1130. The van der Waals surface area contributed by atoms with Crippen molar-refractivity contribution in [1.82, 2.24) is 24.5 Å². The predicted octanol–water partition coefficient (Wildman–Crippen LogP) is 4.37. The van der Waals surface area contributed by atoms with Gasteiger partial charge in [-0.3, -0.25) is 0 Å². The Labute approximate surface area is 162 Å². The quantitative estimate of drug-likeness (QED) is 0.533. The van der Waals surface area contributed by atoms with Crippen LogP contribution in [-0.4, -0.2) is 24.5 Å². The Morgan fingerprint density at radius 1 is 1.04 bits per heavy atom. The molecule has 2 N–H and O–H groups in total. The van der Waals surface area contributed by atoms with Gasteiger partial charge in [-0.15, -0.1) is 0 Å². The molecule has 0 atom stereocenters. The molecule has 0 aliphatic carbocycles. The Hall–Kier alpha value is -2.99. The molecule has 0 bridgehead atoms. The van der Waals surface area contributed by atoms with Gasteiger partial charge >= 0.3 is 0 Å². The molecule has 0 radical (unpaired) electrons. The Morgan fingerprint density at radius 3 is 2.63 bits per heavy atom. The van der Waals surface area contributed by atoms with Crippen molar-refractivity contribution in [3.8, 4) is 22.6 Å². The number of nitrogens with two attached hydrogens (primary N) is 1. The summed E-state index contributed by atoms with van der Waals surface area (Å²) in [7, 11) is 0. The molecule has 0 aliphatic rings. The lowest BCUT2D eigenvalue weighted by Gasteiger charge is -2.07. The molecule has 0 spiro atoms. The molecular weight excluding hydrogens is 360 g/mol. The second kappa shape index (κ2) is 6.96. The second-order valence-corrected chi connectivity index (χ2v) is 6.59. The van der Waals surface area contributed by atoms with Crippen LogP contribution in [0.25, 0.3) is 33.8 Å². The van der Waals surface area contributed by atoms with Crippen LogP contribution in [0.5, 0.6) is 0 Å². The van der Waals surface area contributed by atoms with Crippen LogP contribution in [-0.2, 0) is 13.0 Å². The van der Waals surface area contributed by atoms with Crippen LogP contribution in [0.4, 0.5) is 5.95 Å². The van der Waals surface area contributed by atoms with Crippen molar-refractivity contribution in [3.05, 3.63) is 53.3 Å². The summed E-state index contributed by atoms with van der Waals surface area (Å²) in [6.07, 6.45) is 2.62. The maximum absolute atomic E-state index is 6.08. The topological polar surface area (TPSA) is 82.5 Å². The summed E-state index contributed by atoms with van der Waals surface area (Å²) in [5.74, 6) is 0.998. The van der Waals surface area contributed by atoms with Crippen molar-refractivity contribution >= 4 is 28.7 Å². The first-order chi connectivity index (χ1) is 13.1. The van der Waals surface area contributed by atoms with E-state index in [1.165, 1.54) is 5.56 Å². The van der Waals surface area contributed by atoms with Crippen molar-refractivity contribution in [2.75, 3.05) is 5.73 Å². The van der Waals surface area contributed by atoms with Crippen LogP contribution in [0.1, 0.15) is 19.4 Å². The first-order valence-electron chi connectivity index (χ1n) is 8.85. The lowest BCUT2D eigenvalue weighted by molar-refractivity contribution is 0.787.